The van der Waals surface area contributed by atoms with Gasteiger partial charge in [-0.3, -0.25) is 14.5 Å². The lowest BCUT2D eigenvalue weighted by molar-refractivity contribution is -0.154. The highest BCUT2D eigenvalue weighted by Crippen LogP contribution is 2.56. The molecule has 92 valence electrons. The predicted molar refractivity (Wildman–Crippen MR) is 56.8 cm³/mol. The lowest BCUT2D eigenvalue weighted by atomic mass is 9.81. The van der Waals surface area contributed by atoms with Gasteiger partial charge in [0.25, 0.3) is 0 Å². The maximum atomic E-state index is 12.2. The first-order valence-electron chi connectivity index (χ1n) is 6.12. The molecule has 2 amide bonds. The number of aliphatic carboxylic acids is 1. The van der Waals surface area contributed by atoms with Crippen molar-refractivity contribution in [3.05, 3.63) is 0 Å². The zero-order valence-electron chi connectivity index (χ0n) is 9.63. The maximum absolute atomic E-state index is 12.2. The highest BCUT2D eigenvalue weighted by Gasteiger charge is 2.62. The average molecular weight is 237 g/mol. The molecule has 1 heterocycles. The third-order valence-electron chi connectivity index (χ3n) is 4.71. The molecule has 0 radical (unpaired) electrons. The molecule has 1 aliphatic heterocycles. The summed E-state index contributed by atoms with van der Waals surface area (Å²) in [4.78, 5) is 36.3. The van der Waals surface area contributed by atoms with Gasteiger partial charge in [0, 0.05) is 0 Å². The van der Waals surface area contributed by atoms with E-state index >= 15 is 0 Å². The Morgan fingerprint density at radius 1 is 1.24 bits per heavy atom. The number of amides is 2. The molecule has 5 atom stereocenters. The van der Waals surface area contributed by atoms with Crippen molar-refractivity contribution in [1.29, 1.82) is 0 Å². The average Bonchev–Trinajstić information content (AvgIpc) is 2.92. The fourth-order valence-electron chi connectivity index (χ4n) is 3.92. The van der Waals surface area contributed by atoms with Gasteiger partial charge in [0.05, 0.1) is 11.8 Å². The van der Waals surface area contributed by atoms with Crippen molar-refractivity contribution >= 4 is 17.8 Å². The Labute approximate surface area is 98.8 Å². The number of fused-ring (bicyclic) bond motifs is 5. The highest BCUT2D eigenvalue weighted by atomic mass is 16.4. The second kappa shape index (κ2) is 3.31. The van der Waals surface area contributed by atoms with E-state index < -0.39 is 12.0 Å². The molecule has 17 heavy (non-hydrogen) atoms. The van der Waals surface area contributed by atoms with E-state index in [0.717, 1.165) is 24.2 Å². The number of carbonyl (C=O) groups excluding carboxylic acids is 2. The fraction of sp³-hybridized carbons (Fsp3) is 0.750. The van der Waals surface area contributed by atoms with Crippen molar-refractivity contribution in [2.45, 2.75) is 32.2 Å². The van der Waals surface area contributed by atoms with E-state index in [1.807, 2.05) is 0 Å². The van der Waals surface area contributed by atoms with Crippen LogP contribution in [0.2, 0.25) is 0 Å². The maximum Gasteiger partial charge on any atom is 0.326 e. The van der Waals surface area contributed by atoms with Crippen LogP contribution in [0.1, 0.15) is 26.2 Å². The van der Waals surface area contributed by atoms with E-state index in [2.05, 4.69) is 0 Å². The third-order valence-corrected chi connectivity index (χ3v) is 4.71. The van der Waals surface area contributed by atoms with E-state index in [-0.39, 0.29) is 23.7 Å². The molecule has 3 rings (SSSR count). The third kappa shape index (κ3) is 1.22. The minimum Gasteiger partial charge on any atom is -0.480 e. The topological polar surface area (TPSA) is 74.7 Å². The molecular weight excluding hydrogens is 222 g/mol. The van der Waals surface area contributed by atoms with Crippen molar-refractivity contribution in [1.82, 2.24) is 4.90 Å². The summed E-state index contributed by atoms with van der Waals surface area (Å²) < 4.78 is 0. The molecule has 1 saturated heterocycles. The van der Waals surface area contributed by atoms with Gasteiger partial charge in [0.1, 0.15) is 6.04 Å². The summed E-state index contributed by atoms with van der Waals surface area (Å²) in [6.07, 6.45) is 3.00. The molecule has 0 aromatic rings. The molecular formula is C12H15NO4. The summed E-state index contributed by atoms with van der Waals surface area (Å²) in [7, 11) is 0. The van der Waals surface area contributed by atoms with Gasteiger partial charge >= 0.3 is 5.97 Å². The summed E-state index contributed by atoms with van der Waals surface area (Å²) in [5.41, 5.74) is 0. The molecule has 2 aliphatic carbocycles. The smallest absolute Gasteiger partial charge is 0.326 e. The lowest BCUT2D eigenvalue weighted by Gasteiger charge is -2.20. The number of imide groups is 1. The molecule has 0 aromatic carbocycles. The molecule has 2 bridgehead atoms. The van der Waals surface area contributed by atoms with Crippen LogP contribution in [-0.2, 0) is 14.4 Å². The SMILES string of the molecule is C[C@H](C(=O)O)N1C(=O)[C@@H]2[C@@H]3CC[C@@H](C3)[C@H]2C1=O. The van der Waals surface area contributed by atoms with Crippen LogP contribution in [0.15, 0.2) is 0 Å². The van der Waals surface area contributed by atoms with Gasteiger partial charge in [-0.2, -0.15) is 0 Å². The molecule has 0 spiro atoms. The van der Waals surface area contributed by atoms with E-state index in [4.69, 9.17) is 5.11 Å². The lowest BCUT2D eigenvalue weighted by Crippen LogP contribution is -2.44. The Balaban J connectivity index is 1.93. The Morgan fingerprint density at radius 2 is 1.71 bits per heavy atom. The zero-order chi connectivity index (χ0) is 12.3. The van der Waals surface area contributed by atoms with Crippen molar-refractivity contribution < 1.29 is 19.5 Å². The summed E-state index contributed by atoms with van der Waals surface area (Å²) in [6, 6.07) is -1.03. The Morgan fingerprint density at radius 3 is 2.12 bits per heavy atom. The van der Waals surface area contributed by atoms with Crippen LogP contribution in [0.25, 0.3) is 0 Å². The van der Waals surface area contributed by atoms with Gasteiger partial charge in [-0.1, -0.05) is 0 Å². The van der Waals surface area contributed by atoms with Crippen LogP contribution >= 0.6 is 0 Å². The van der Waals surface area contributed by atoms with E-state index in [1.54, 1.807) is 0 Å². The normalized spacial score (nSPS) is 40.9. The standard InChI is InChI=1S/C12H15NO4/c1-5(12(16)17)13-10(14)8-6-2-3-7(4-6)9(8)11(13)15/h5-9H,2-4H2,1H3,(H,16,17)/t5-,6-,7+,8-,9-/m1/s1. The molecule has 3 fully saturated rings. The van der Waals surface area contributed by atoms with Crippen molar-refractivity contribution in [3.63, 3.8) is 0 Å². The van der Waals surface area contributed by atoms with E-state index in [9.17, 15) is 14.4 Å². The van der Waals surface area contributed by atoms with Crippen molar-refractivity contribution in [2.24, 2.45) is 23.7 Å². The van der Waals surface area contributed by atoms with Crippen LogP contribution in [0.4, 0.5) is 0 Å². The first-order chi connectivity index (χ1) is 8.02. The Hall–Kier alpha value is -1.39. The van der Waals surface area contributed by atoms with Crippen LogP contribution in [-0.4, -0.2) is 33.8 Å². The second-order valence-corrected chi connectivity index (χ2v) is 5.45. The van der Waals surface area contributed by atoms with Crippen LogP contribution in [0.5, 0.6) is 0 Å². The number of carbonyl (C=O) groups is 3. The molecule has 2 saturated carbocycles. The first-order valence-corrected chi connectivity index (χ1v) is 6.12. The quantitative estimate of drug-likeness (QED) is 0.709. The summed E-state index contributed by atoms with van der Waals surface area (Å²) in [6.45, 7) is 1.40. The molecule has 5 heteroatoms. The Kier molecular flexibility index (Phi) is 2.09. The summed E-state index contributed by atoms with van der Waals surface area (Å²) >= 11 is 0. The molecule has 0 unspecified atom stereocenters. The first kappa shape index (κ1) is 10.7. The van der Waals surface area contributed by atoms with Gasteiger partial charge in [0.2, 0.25) is 11.8 Å². The molecule has 1 N–H and O–H groups in total. The Bertz CT molecular complexity index is 391. The zero-order valence-corrected chi connectivity index (χ0v) is 9.63. The molecule has 5 nitrogen and oxygen atoms in total. The summed E-state index contributed by atoms with van der Waals surface area (Å²) in [5.74, 6) is -1.42. The van der Waals surface area contributed by atoms with Crippen LogP contribution < -0.4 is 0 Å². The van der Waals surface area contributed by atoms with Crippen LogP contribution in [0.3, 0.4) is 0 Å². The van der Waals surface area contributed by atoms with Crippen molar-refractivity contribution in [2.75, 3.05) is 0 Å². The number of rotatable bonds is 2. The molecule has 3 aliphatic rings. The monoisotopic (exact) mass is 237 g/mol. The van der Waals surface area contributed by atoms with Gasteiger partial charge in [-0.05, 0) is 38.0 Å². The number of hydrogen-bond donors (Lipinski definition) is 1. The van der Waals surface area contributed by atoms with E-state index in [1.165, 1.54) is 6.92 Å². The minimum absolute atomic E-state index is 0.219. The number of carboxylic acid groups (broad SMARTS) is 1. The van der Waals surface area contributed by atoms with Crippen molar-refractivity contribution in [3.8, 4) is 0 Å². The fourth-order valence-corrected chi connectivity index (χ4v) is 3.92. The number of likely N-dealkylation sites (tertiary alicyclic amines) is 1. The van der Waals surface area contributed by atoms with E-state index in [0.29, 0.717) is 11.8 Å². The number of nitrogens with zero attached hydrogens (tertiary/aromatic N) is 1. The predicted octanol–water partition coefficient (Wildman–Crippen LogP) is 0.491. The number of carboxylic acids is 1. The van der Waals surface area contributed by atoms with Crippen LogP contribution in [0, 0.1) is 23.7 Å². The van der Waals surface area contributed by atoms with Gasteiger partial charge in [-0.25, -0.2) is 4.79 Å². The largest absolute Gasteiger partial charge is 0.480 e. The minimum atomic E-state index is -1.11. The molecule has 0 aromatic heterocycles. The van der Waals surface area contributed by atoms with Gasteiger partial charge in [-0.15, -0.1) is 0 Å². The second-order valence-electron chi connectivity index (χ2n) is 5.45. The van der Waals surface area contributed by atoms with Gasteiger partial charge < -0.3 is 5.11 Å². The van der Waals surface area contributed by atoms with Gasteiger partial charge in [0.15, 0.2) is 0 Å². The summed E-state index contributed by atoms with van der Waals surface area (Å²) in [5, 5.41) is 8.94. The highest BCUT2D eigenvalue weighted by molar-refractivity contribution is 6.08. The number of hydrogen-bond acceptors (Lipinski definition) is 3.